The van der Waals surface area contributed by atoms with Gasteiger partial charge < -0.3 is 5.11 Å². The zero-order chi connectivity index (χ0) is 16.4. The second kappa shape index (κ2) is 7.42. The molecule has 0 unspecified atom stereocenters. The first kappa shape index (κ1) is 18.6. The minimum atomic E-state index is -4.61. The van der Waals surface area contributed by atoms with Crippen LogP contribution in [0, 0.1) is 0 Å². The maximum absolute atomic E-state index is 12.0. The van der Waals surface area contributed by atoms with Crippen molar-refractivity contribution in [1.29, 1.82) is 0 Å². The van der Waals surface area contributed by atoms with Gasteiger partial charge in [-0.05, 0) is 23.6 Å². The Morgan fingerprint density at radius 2 is 1.46 bits per heavy atom. The van der Waals surface area contributed by atoms with Crippen molar-refractivity contribution in [3.63, 3.8) is 0 Å². The Morgan fingerprint density at radius 1 is 0.875 bits per heavy atom. The molecular weight excluding hydrogens is 339 g/mol. The fraction of sp³-hybridized carbons (Fsp3) is 0. The van der Waals surface area contributed by atoms with E-state index in [1.807, 2.05) is 6.07 Å². The summed E-state index contributed by atoms with van der Waals surface area (Å²) in [5.74, 6) is -0.508. The minimum absolute atomic E-state index is 0. The molecule has 116 valence electrons. The predicted octanol–water partition coefficient (Wildman–Crippen LogP) is 0.579. The van der Waals surface area contributed by atoms with Gasteiger partial charge in [0.1, 0.15) is 10.6 Å². The number of hydrogen-bond acceptors (Lipinski definition) is 5. The van der Waals surface area contributed by atoms with Gasteiger partial charge in [-0.2, -0.15) is 13.5 Å². The summed E-state index contributed by atoms with van der Waals surface area (Å²) >= 11 is 0. The molecule has 6 nitrogen and oxygen atoms in total. The van der Waals surface area contributed by atoms with E-state index in [0.717, 1.165) is 6.07 Å². The van der Waals surface area contributed by atoms with Gasteiger partial charge in [0.25, 0.3) is 10.1 Å². The normalized spacial score (nSPS) is 11.5. The van der Waals surface area contributed by atoms with Crippen LogP contribution in [0.3, 0.4) is 0 Å². The standard InChI is InChI=1S/C16H12N2O4S.Na/c19-14-10-15(23(20,21)22)16(13-9-5-4-8-12(13)14)18-17-11-6-2-1-3-7-11;/h1-10,19H,(H,20,21,22);/q;+1/p-1. The molecule has 0 spiro atoms. The van der Waals surface area contributed by atoms with E-state index in [0.29, 0.717) is 16.5 Å². The van der Waals surface area contributed by atoms with Gasteiger partial charge >= 0.3 is 29.6 Å². The van der Waals surface area contributed by atoms with Crippen LogP contribution in [-0.2, 0) is 10.1 Å². The maximum Gasteiger partial charge on any atom is 1.00 e. The molecule has 24 heavy (non-hydrogen) atoms. The van der Waals surface area contributed by atoms with E-state index in [9.17, 15) is 18.1 Å². The smallest absolute Gasteiger partial charge is 0.872 e. The summed E-state index contributed by atoms with van der Waals surface area (Å²) in [6, 6.07) is 16.0. The summed E-state index contributed by atoms with van der Waals surface area (Å²) in [6.45, 7) is 0. The molecule has 0 aromatic heterocycles. The van der Waals surface area contributed by atoms with E-state index in [2.05, 4.69) is 10.2 Å². The second-order valence-electron chi connectivity index (χ2n) is 4.78. The average molecular weight is 350 g/mol. The topological polar surface area (TPSA) is 102 Å². The molecule has 0 radical (unpaired) electrons. The Bertz CT molecular complexity index is 1010. The molecule has 0 amide bonds. The van der Waals surface area contributed by atoms with Gasteiger partial charge in [-0.15, -0.1) is 5.11 Å². The van der Waals surface area contributed by atoms with Crippen LogP contribution < -0.4 is 34.7 Å². The molecule has 0 heterocycles. The van der Waals surface area contributed by atoms with E-state index < -0.39 is 20.8 Å². The molecule has 0 saturated carbocycles. The molecule has 0 saturated heterocycles. The maximum atomic E-state index is 12.0. The fourth-order valence-corrected chi connectivity index (χ4v) is 2.86. The van der Waals surface area contributed by atoms with Crippen LogP contribution in [0.5, 0.6) is 5.75 Å². The molecule has 3 aromatic carbocycles. The van der Waals surface area contributed by atoms with Gasteiger partial charge in [0.05, 0.1) is 5.69 Å². The summed E-state index contributed by atoms with van der Waals surface area (Å²) in [5.41, 5.74) is 0.454. The molecule has 3 rings (SSSR count). The van der Waals surface area contributed by atoms with Gasteiger partial charge in [-0.3, -0.25) is 4.55 Å². The Morgan fingerprint density at radius 3 is 2.08 bits per heavy atom. The molecule has 3 aromatic rings. The summed E-state index contributed by atoms with van der Waals surface area (Å²) in [7, 11) is -4.61. The molecule has 0 bridgehead atoms. The van der Waals surface area contributed by atoms with Crippen LogP contribution in [0.4, 0.5) is 11.4 Å². The number of fused-ring (bicyclic) bond motifs is 1. The number of benzene rings is 3. The van der Waals surface area contributed by atoms with Gasteiger partial charge in [0.2, 0.25) is 0 Å². The quantitative estimate of drug-likeness (QED) is 0.424. The van der Waals surface area contributed by atoms with Crippen molar-refractivity contribution in [2.75, 3.05) is 0 Å². The van der Waals surface area contributed by atoms with Crippen LogP contribution >= 0.6 is 0 Å². The van der Waals surface area contributed by atoms with Gasteiger partial charge in [-0.1, -0.05) is 48.2 Å². The summed E-state index contributed by atoms with van der Waals surface area (Å²) < 4.78 is 32.5. The first-order chi connectivity index (χ1) is 11.0. The van der Waals surface area contributed by atoms with Crippen LogP contribution in [0.25, 0.3) is 10.8 Å². The summed E-state index contributed by atoms with van der Waals surface area (Å²) in [4.78, 5) is -0.555. The van der Waals surface area contributed by atoms with Crippen LogP contribution in [0.1, 0.15) is 0 Å². The Labute approximate surface area is 160 Å². The summed E-state index contributed by atoms with van der Waals surface area (Å²) in [5, 5.41) is 20.6. The molecule has 0 aliphatic rings. The fourth-order valence-electron chi connectivity index (χ4n) is 2.20. The number of rotatable bonds is 3. The summed E-state index contributed by atoms with van der Waals surface area (Å²) in [6.07, 6.45) is 0. The minimum Gasteiger partial charge on any atom is -0.872 e. The monoisotopic (exact) mass is 350 g/mol. The van der Waals surface area contributed by atoms with E-state index >= 15 is 0 Å². The number of nitrogens with zero attached hydrogens (tertiary/aromatic N) is 2. The first-order valence-corrected chi connectivity index (χ1v) is 8.08. The Kier molecular flexibility index (Phi) is 5.74. The molecular formula is C16H11N2NaO4S. The zero-order valence-electron chi connectivity index (χ0n) is 12.7. The molecule has 0 aliphatic heterocycles. The van der Waals surface area contributed by atoms with Crippen molar-refractivity contribution >= 4 is 32.3 Å². The van der Waals surface area contributed by atoms with Crippen molar-refractivity contribution in [2.24, 2.45) is 10.2 Å². The average Bonchev–Trinajstić information content (AvgIpc) is 2.54. The Balaban J connectivity index is 0.00000208. The molecule has 8 heteroatoms. The zero-order valence-corrected chi connectivity index (χ0v) is 15.6. The van der Waals surface area contributed by atoms with Crippen molar-refractivity contribution < 1.29 is 47.6 Å². The number of hydrogen-bond donors (Lipinski definition) is 1. The van der Waals surface area contributed by atoms with Crippen molar-refractivity contribution in [1.82, 2.24) is 0 Å². The SMILES string of the molecule is O=S(=O)(O)c1cc([O-])c2ccccc2c1N=Nc1ccccc1.[Na+]. The molecule has 0 fully saturated rings. The van der Waals surface area contributed by atoms with Crippen LogP contribution in [0.2, 0.25) is 0 Å². The Hall–Kier alpha value is -1.77. The van der Waals surface area contributed by atoms with Crippen molar-refractivity contribution in [3.05, 3.63) is 60.7 Å². The van der Waals surface area contributed by atoms with E-state index in [1.165, 1.54) is 0 Å². The first-order valence-electron chi connectivity index (χ1n) is 6.64. The third kappa shape index (κ3) is 3.82. The van der Waals surface area contributed by atoms with E-state index in [1.54, 1.807) is 48.5 Å². The van der Waals surface area contributed by atoms with Crippen molar-refractivity contribution in [3.8, 4) is 5.75 Å². The van der Waals surface area contributed by atoms with E-state index in [-0.39, 0.29) is 35.2 Å². The van der Waals surface area contributed by atoms with Gasteiger partial charge in [-0.25, -0.2) is 0 Å². The van der Waals surface area contributed by atoms with E-state index in [4.69, 9.17) is 0 Å². The van der Waals surface area contributed by atoms with Crippen LogP contribution in [-0.4, -0.2) is 13.0 Å². The predicted molar refractivity (Wildman–Crippen MR) is 83.8 cm³/mol. The third-order valence-electron chi connectivity index (χ3n) is 3.24. The molecule has 1 N–H and O–H groups in total. The number of azo groups is 1. The third-order valence-corrected chi connectivity index (χ3v) is 4.11. The van der Waals surface area contributed by atoms with Gasteiger partial charge in [0, 0.05) is 5.39 Å². The van der Waals surface area contributed by atoms with Crippen molar-refractivity contribution in [2.45, 2.75) is 4.90 Å². The van der Waals surface area contributed by atoms with Crippen LogP contribution in [0.15, 0.2) is 75.8 Å². The molecule has 0 atom stereocenters. The van der Waals surface area contributed by atoms with Gasteiger partial charge in [0.15, 0.2) is 0 Å². The molecule has 0 aliphatic carbocycles. The second-order valence-corrected chi connectivity index (χ2v) is 6.17. The largest absolute Gasteiger partial charge is 1.00 e.